The Morgan fingerprint density at radius 2 is 1.82 bits per heavy atom. The summed E-state index contributed by atoms with van der Waals surface area (Å²) in [5.74, 6) is -2.60. The van der Waals surface area contributed by atoms with Gasteiger partial charge in [0.2, 0.25) is 0 Å². The van der Waals surface area contributed by atoms with Gasteiger partial charge in [0.25, 0.3) is 0 Å². The van der Waals surface area contributed by atoms with Crippen LogP contribution in [-0.2, 0) is 16.0 Å². The molecule has 0 fully saturated rings. The lowest BCUT2D eigenvalue weighted by molar-refractivity contribution is -0.143. The number of halogens is 1. The van der Waals surface area contributed by atoms with Gasteiger partial charge < -0.3 is 20.7 Å². The highest BCUT2D eigenvalue weighted by atomic mass is 19.1. The van der Waals surface area contributed by atoms with E-state index >= 15 is 0 Å². The largest absolute Gasteiger partial charge is 0.494 e. The second-order valence-electron chi connectivity index (χ2n) is 4.95. The molecule has 1 rings (SSSR count). The van der Waals surface area contributed by atoms with Crippen LogP contribution in [0, 0.1) is 5.92 Å². The van der Waals surface area contributed by atoms with Crippen LogP contribution < -0.4 is 10.5 Å². The zero-order valence-electron chi connectivity index (χ0n) is 12.1. The van der Waals surface area contributed by atoms with Crippen LogP contribution >= 0.6 is 0 Å². The van der Waals surface area contributed by atoms with Crippen LogP contribution in [0.25, 0.3) is 0 Å². The molecule has 0 unspecified atom stereocenters. The van der Waals surface area contributed by atoms with Crippen molar-refractivity contribution >= 4 is 11.9 Å². The fraction of sp³-hybridized carbons (Fsp3) is 0.467. The van der Waals surface area contributed by atoms with Crippen molar-refractivity contribution in [1.82, 2.24) is 0 Å². The molecule has 0 saturated carbocycles. The van der Waals surface area contributed by atoms with Gasteiger partial charge in [-0.3, -0.25) is 14.0 Å². The minimum atomic E-state index is -1.22. The van der Waals surface area contributed by atoms with Gasteiger partial charge in [0.1, 0.15) is 11.8 Å². The van der Waals surface area contributed by atoms with E-state index in [1.54, 1.807) is 24.3 Å². The number of hydrogen-bond donors (Lipinski definition) is 3. The number of ether oxygens (including phenoxy) is 1. The topological polar surface area (TPSA) is 110 Å². The van der Waals surface area contributed by atoms with Crippen molar-refractivity contribution in [3.63, 3.8) is 0 Å². The van der Waals surface area contributed by atoms with E-state index < -0.39 is 30.6 Å². The molecular formula is C15H20FNO5. The summed E-state index contributed by atoms with van der Waals surface area (Å²) >= 11 is 0. The molecule has 7 heteroatoms. The summed E-state index contributed by atoms with van der Waals surface area (Å²) < 4.78 is 17.2. The van der Waals surface area contributed by atoms with Gasteiger partial charge in [-0.1, -0.05) is 12.1 Å². The Morgan fingerprint density at radius 1 is 1.18 bits per heavy atom. The maximum Gasteiger partial charge on any atom is 0.320 e. The molecule has 0 aliphatic heterocycles. The zero-order valence-corrected chi connectivity index (χ0v) is 12.1. The Bertz CT molecular complexity index is 491. The molecule has 0 aliphatic rings. The number of carbonyl (C=O) groups is 2. The highest BCUT2D eigenvalue weighted by Crippen LogP contribution is 2.18. The Balaban J connectivity index is 2.62. The van der Waals surface area contributed by atoms with Crippen molar-refractivity contribution in [3.8, 4) is 5.75 Å². The normalized spacial score (nSPS) is 13.4. The van der Waals surface area contributed by atoms with Crippen LogP contribution in [0.1, 0.15) is 18.4 Å². The SMILES string of the molecule is N[C@@H](C[C@@H](Cc1ccc(OCCCF)cc1)C(=O)O)C(=O)O. The number of rotatable bonds is 10. The molecule has 1 aromatic carbocycles. The van der Waals surface area contributed by atoms with Gasteiger partial charge in [-0.25, -0.2) is 0 Å². The number of hydrogen-bond acceptors (Lipinski definition) is 4. The number of carboxylic acids is 2. The van der Waals surface area contributed by atoms with Gasteiger partial charge in [-0.15, -0.1) is 0 Å². The zero-order chi connectivity index (χ0) is 16.5. The fourth-order valence-electron chi connectivity index (χ4n) is 1.93. The summed E-state index contributed by atoms with van der Waals surface area (Å²) in [6.45, 7) is -0.163. The number of alkyl halides is 1. The van der Waals surface area contributed by atoms with Crippen molar-refractivity contribution < 1.29 is 28.9 Å². The Labute approximate surface area is 127 Å². The molecule has 22 heavy (non-hydrogen) atoms. The van der Waals surface area contributed by atoms with Crippen LogP contribution in [0.3, 0.4) is 0 Å². The average Bonchev–Trinajstić information content (AvgIpc) is 2.48. The van der Waals surface area contributed by atoms with Gasteiger partial charge >= 0.3 is 11.9 Å². The molecule has 2 atom stereocenters. The first kappa shape index (κ1) is 17.9. The third-order valence-corrected chi connectivity index (χ3v) is 3.16. The molecule has 0 heterocycles. The monoisotopic (exact) mass is 313 g/mol. The lowest BCUT2D eigenvalue weighted by Gasteiger charge is -2.15. The summed E-state index contributed by atoms with van der Waals surface area (Å²) in [6, 6.07) is 5.54. The molecule has 1 aromatic rings. The molecule has 0 aliphatic carbocycles. The van der Waals surface area contributed by atoms with Gasteiger partial charge in [0, 0.05) is 6.42 Å². The molecule has 4 N–H and O–H groups in total. The first-order chi connectivity index (χ1) is 10.4. The highest BCUT2D eigenvalue weighted by molar-refractivity contribution is 5.76. The second-order valence-corrected chi connectivity index (χ2v) is 4.95. The molecule has 0 bridgehead atoms. The van der Waals surface area contributed by atoms with Crippen molar-refractivity contribution in [2.45, 2.75) is 25.3 Å². The quantitative estimate of drug-likeness (QED) is 0.564. The predicted octanol–water partition coefficient (Wildman–Crippen LogP) is 1.47. The number of aliphatic carboxylic acids is 2. The lowest BCUT2D eigenvalue weighted by atomic mass is 9.93. The van der Waals surface area contributed by atoms with E-state index in [9.17, 15) is 14.0 Å². The summed E-state index contributed by atoms with van der Waals surface area (Å²) in [7, 11) is 0. The molecule has 0 radical (unpaired) electrons. The van der Waals surface area contributed by atoms with Crippen LogP contribution in [-0.4, -0.2) is 41.5 Å². The maximum atomic E-state index is 12.0. The molecular weight excluding hydrogens is 293 g/mol. The van der Waals surface area contributed by atoms with Crippen molar-refractivity contribution in [1.29, 1.82) is 0 Å². The van der Waals surface area contributed by atoms with E-state index in [1.807, 2.05) is 0 Å². The highest BCUT2D eigenvalue weighted by Gasteiger charge is 2.24. The third kappa shape index (κ3) is 6.09. The van der Waals surface area contributed by atoms with Crippen molar-refractivity contribution in [2.75, 3.05) is 13.3 Å². The van der Waals surface area contributed by atoms with E-state index in [-0.39, 0.29) is 19.4 Å². The van der Waals surface area contributed by atoms with Crippen molar-refractivity contribution in [3.05, 3.63) is 29.8 Å². The Morgan fingerprint density at radius 3 is 2.32 bits per heavy atom. The smallest absolute Gasteiger partial charge is 0.320 e. The third-order valence-electron chi connectivity index (χ3n) is 3.16. The molecule has 0 spiro atoms. The number of benzene rings is 1. The van der Waals surface area contributed by atoms with E-state index in [0.29, 0.717) is 12.2 Å². The minimum absolute atomic E-state index is 0.139. The molecule has 0 aromatic heterocycles. The van der Waals surface area contributed by atoms with Gasteiger partial charge in [0.15, 0.2) is 0 Å². The Hall–Kier alpha value is -2.15. The van der Waals surface area contributed by atoms with Crippen molar-refractivity contribution in [2.24, 2.45) is 11.7 Å². The van der Waals surface area contributed by atoms with Crippen LogP contribution in [0.5, 0.6) is 5.75 Å². The van der Waals surface area contributed by atoms with E-state index in [1.165, 1.54) is 0 Å². The summed E-state index contributed by atoms with van der Waals surface area (Å²) in [5, 5.41) is 17.9. The first-order valence-corrected chi connectivity index (χ1v) is 6.93. The van der Waals surface area contributed by atoms with E-state index in [2.05, 4.69) is 0 Å². The predicted molar refractivity (Wildman–Crippen MR) is 77.6 cm³/mol. The van der Waals surface area contributed by atoms with Gasteiger partial charge in [-0.05, 0) is 30.5 Å². The molecule has 6 nitrogen and oxygen atoms in total. The standard InChI is InChI=1S/C15H20FNO5/c16-6-1-7-22-12-4-2-10(3-5-12)8-11(14(18)19)9-13(17)15(20)21/h2-5,11,13H,1,6-9,17H2,(H,18,19)(H,20,21)/t11-,13+/m1/s1. The Kier molecular flexibility index (Phi) is 7.31. The molecule has 0 amide bonds. The molecule has 122 valence electrons. The second kappa shape index (κ2) is 8.99. The van der Waals surface area contributed by atoms with E-state index in [4.69, 9.17) is 20.7 Å². The van der Waals surface area contributed by atoms with Crippen LogP contribution in [0.2, 0.25) is 0 Å². The molecule has 0 saturated heterocycles. The summed E-state index contributed by atoms with van der Waals surface area (Å²) in [4.78, 5) is 21.9. The number of carboxylic acid groups (broad SMARTS) is 2. The van der Waals surface area contributed by atoms with Gasteiger partial charge in [0.05, 0.1) is 19.2 Å². The number of nitrogens with two attached hydrogens (primary N) is 1. The van der Waals surface area contributed by atoms with Gasteiger partial charge in [-0.2, -0.15) is 0 Å². The lowest BCUT2D eigenvalue weighted by Crippen LogP contribution is -2.35. The average molecular weight is 313 g/mol. The fourth-order valence-corrected chi connectivity index (χ4v) is 1.93. The summed E-state index contributed by atoms with van der Waals surface area (Å²) in [6.07, 6.45) is 0.358. The maximum absolute atomic E-state index is 12.0. The summed E-state index contributed by atoms with van der Waals surface area (Å²) in [5.41, 5.74) is 6.13. The van der Waals surface area contributed by atoms with E-state index in [0.717, 1.165) is 5.56 Å². The minimum Gasteiger partial charge on any atom is -0.494 e. The van der Waals surface area contributed by atoms with Crippen LogP contribution in [0.15, 0.2) is 24.3 Å². The van der Waals surface area contributed by atoms with Crippen LogP contribution in [0.4, 0.5) is 4.39 Å². The first-order valence-electron chi connectivity index (χ1n) is 6.93.